The van der Waals surface area contributed by atoms with Crippen molar-refractivity contribution in [2.75, 3.05) is 0 Å². The summed E-state index contributed by atoms with van der Waals surface area (Å²) in [6, 6.07) is 11.6. The van der Waals surface area contributed by atoms with E-state index in [0.717, 1.165) is 11.4 Å². The average molecular weight is 257 g/mol. The first-order valence-corrected chi connectivity index (χ1v) is 6.19. The summed E-state index contributed by atoms with van der Waals surface area (Å²) in [5, 5.41) is 0. The first-order valence-electron chi connectivity index (χ1n) is 4.37. The normalized spacial score (nSPS) is 8.88. The summed E-state index contributed by atoms with van der Waals surface area (Å²) in [5.41, 5.74) is 1.83. The zero-order valence-corrected chi connectivity index (χ0v) is 9.66. The molecule has 0 fully saturated rings. The average Bonchev–Trinajstić information content (AvgIpc) is 2.31. The number of hydrogen-bond acceptors (Lipinski definition) is 3. The number of pyridine rings is 2. The molecule has 0 radical (unpaired) electrons. The molecular weight excluding hydrogens is 247 g/mol. The van der Waals surface area contributed by atoms with Crippen molar-refractivity contribution in [3.05, 3.63) is 48.8 Å². The van der Waals surface area contributed by atoms with Crippen molar-refractivity contribution in [2.24, 2.45) is 0 Å². The molecule has 5 nitrogen and oxygen atoms in total. The Kier molecular flexibility index (Phi) is 5.52. The maximum absolute atomic E-state index is 8.78. The van der Waals surface area contributed by atoms with Gasteiger partial charge in [0.1, 0.15) is 0 Å². The van der Waals surface area contributed by atoms with E-state index in [2.05, 4.69) is 9.97 Å². The van der Waals surface area contributed by atoms with Gasteiger partial charge in [-0.05, 0) is 24.3 Å². The second-order valence-corrected chi connectivity index (χ2v) is 3.47. The van der Waals surface area contributed by atoms with Gasteiger partial charge in [-0.2, -0.15) is 0 Å². The van der Waals surface area contributed by atoms with Crippen LogP contribution < -0.4 is 0 Å². The van der Waals surface area contributed by atoms with Gasteiger partial charge in [-0.25, -0.2) is 0 Å². The van der Waals surface area contributed by atoms with E-state index in [9.17, 15) is 0 Å². The smallest absolute Gasteiger partial charge is 0.0886 e. The summed E-state index contributed by atoms with van der Waals surface area (Å²) >= 11 is -3.44. The Morgan fingerprint density at radius 3 is 1.50 bits per heavy atom. The van der Waals surface area contributed by atoms with Crippen molar-refractivity contribution < 1.29 is 27.5 Å². The Morgan fingerprint density at radius 2 is 1.25 bits per heavy atom. The van der Waals surface area contributed by atoms with Gasteiger partial charge in [-0.1, -0.05) is 12.1 Å². The molecule has 0 unspecified atom stereocenters. The van der Waals surface area contributed by atoms with Crippen LogP contribution in [-0.2, 0) is 19.5 Å². The fraction of sp³-hybridized carbons (Fsp3) is 0. The van der Waals surface area contributed by atoms with E-state index in [4.69, 9.17) is 11.7 Å². The zero-order valence-electron chi connectivity index (χ0n) is 8.26. The molecule has 2 N–H and O–H groups in total. The maximum Gasteiger partial charge on any atom is 0.0886 e. The van der Waals surface area contributed by atoms with Crippen LogP contribution in [0.2, 0.25) is 0 Å². The Morgan fingerprint density at radius 1 is 0.875 bits per heavy atom. The van der Waals surface area contributed by atoms with E-state index in [-0.39, 0.29) is 0 Å². The van der Waals surface area contributed by atoms with Gasteiger partial charge in [-0.15, -0.1) is 0 Å². The molecule has 83 valence electrons. The Bertz CT molecular complexity index is 395. The first kappa shape index (κ1) is 12.7. The quantitative estimate of drug-likeness (QED) is 0.793. The summed E-state index contributed by atoms with van der Waals surface area (Å²) in [6.45, 7) is 0. The molecule has 0 aromatic carbocycles. The summed E-state index contributed by atoms with van der Waals surface area (Å²) in [5.74, 6) is 0. The van der Waals surface area contributed by atoms with Crippen molar-refractivity contribution in [1.82, 2.24) is 9.97 Å². The molecular formula is C10H10N2O3V. The van der Waals surface area contributed by atoms with E-state index < -0.39 is 15.8 Å². The molecule has 2 heterocycles. The van der Waals surface area contributed by atoms with Gasteiger partial charge >= 0.3 is 27.5 Å². The molecule has 2 aromatic heterocycles. The molecule has 0 aliphatic rings. The van der Waals surface area contributed by atoms with Crippen molar-refractivity contribution in [2.45, 2.75) is 0 Å². The van der Waals surface area contributed by atoms with Crippen LogP contribution in [0.25, 0.3) is 11.4 Å². The fourth-order valence-electron chi connectivity index (χ4n) is 1.03. The molecule has 0 saturated carbocycles. The predicted octanol–water partition coefficient (Wildman–Crippen LogP) is 0.908. The Hall–Kier alpha value is -1.40. The third kappa shape index (κ3) is 4.90. The van der Waals surface area contributed by atoms with Crippen LogP contribution in [0.3, 0.4) is 0 Å². The van der Waals surface area contributed by atoms with Gasteiger partial charge in [0.15, 0.2) is 0 Å². The second-order valence-electron chi connectivity index (χ2n) is 2.68. The van der Waals surface area contributed by atoms with Crippen LogP contribution in [-0.4, -0.2) is 18.0 Å². The summed E-state index contributed by atoms with van der Waals surface area (Å²) < 4.78 is 23.2. The minimum Gasteiger partial charge on any atom is -0.255 e. The van der Waals surface area contributed by atoms with E-state index in [1.165, 1.54) is 0 Å². The summed E-state index contributed by atoms with van der Waals surface area (Å²) in [4.78, 5) is 8.37. The molecule has 6 heteroatoms. The molecule has 0 aliphatic heterocycles. The van der Waals surface area contributed by atoms with Crippen LogP contribution in [0.1, 0.15) is 0 Å². The summed E-state index contributed by atoms with van der Waals surface area (Å²) in [6.07, 6.45) is 3.54. The van der Waals surface area contributed by atoms with Crippen LogP contribution in [0, 0.1) is 0 Å². The van der Waals surface area contributed by atoms with Crippen molar-refractivity contribution in [1.29, 1.82) is 0 Å². The van der Waals surface area contributed by atoms with E-state index in [1.807, 2.05) is 36.4 Å². The molecule has 0 spiro atoms. The van der Waals surface area contributed by atoms with Crippen molar-refractivity contribution >= 4 is 0 Å². The number of hydrogen-bond donors (Lipinski definition) is 2. The first-order chi connectivity index (χ1) is 7.70. The largest absolute Gasteiger partial charge is 0.255 e. The van der Waals surface area contributed by atoms with Crippen molar-refractivity contribution in [3.63, 3.8) is 0 Å². The zero-order chi connectivity index (χ0) is 11.8. The fourth-order valence-corrected chi connectivity index (χ4v) is 1.03. The van der Waals surface area contributed by atoms with Gasteiger partial charge in [0, 0.05) is 12.4 Å². The van der Waals surface area contributed by atoms with Crippen LogP contribution in [0.15, 0.2) is 48.8 Å². The minimum atomic E-state index is -3.44. The van der Waals surface area contributed by atoms with Gasteiger partial charge < -0.3 is 0 Å². The van der Waals surface area contributed by atoms with Crippen molar-refractivity contribution in [3.8, 4) is 11.4 Å². The maximum atomic E-state index is 8.78. The Labute approximate surface area is 97.9 Å². The Balaban J connectivity index is 0.000000280. The molecule has 2 aromatic rings. The monoisotopic (exact) mass is 257 g/mol. The van der Waals surface area contributed by atoms with Gasteiger partial charge in [0.2, 0.25) is 0 Å². The third-order valence-corrected chi connectivity index (χ3v) is 1.59. The second kappa shape index (κ2) is 6.97. The van der Waals surface area contributed by atoms with Crippen LogP contribution >= 0.6 is 0 Å². The molecule has 0 amide bonds. The molecule has 0 saturated heterocycles. The van der Waals surface area contributed by atoms with E-state index in [0.29, 0.717) is 0 Å². The topological polar surface area (TPSA) is 83.3 Å². The standard InChI is InChI=1S/C10H8N2.2H2O.O.V/c1-3-7-11-9(5-1)10-6-2-4-8-12-10;;;;/h1-8H;2*1H2;;/q;;;;+2/p-2. The molecule has 16 heavy (non-hydrogen) atoms. The van der Waals surface area contributed by atoms with Gasteiger partial charge in [-0.3, -0.25) is 9.97 Å². The third-order valence-electron chi connectivity index (χ3n) is 1.59. The number of nitrogens with zero attached hydrogens (tertiary/aromatic N) is 2. The van der Waals surface area contributed by atoms with Crippen LogP contribution in [0.4, 0.5) is 0 Å². The summed E-state index contributed by atoms with van der Waals surface area (Å²) in [7, 11) is 0. The van der Waals surface area contributed by atoms with Gasteiger partial charge in [0.05, 0.1) is 11.4 Å². The predicted molar refractivity (Wildman–Crippen MR) is 52.6 cm³/mol. The molecule has 0 atom stereocenters. The SMILES string of the molecule is [O]=[V]([OH])[OH].c1ccc(-c2ccccn2)nc1. The van der Waals surface area contributed by atoms with E-state index >= 15 is 0 Å². The van der Waals surface area contributed by atoms with E-state index in [1.54, 1.807) is 12.4 Å². The molecule has 0 aliphatic carbocycles. The molecule has 2 rings (SSSR count). The number of aromatic nitrogens is 2. The van der Waals surface area contributed by atoms with Gasteiger partial charge in [0.25, 0.3) is 0 Å². The van der Waals surface area contributed by atoms with Crippen LogP contribution in [0.5, 0.6) is 0 Å². The molecule has 0 bridgehead atoms. The minimum absolute atomic E-state index is 0.915. The number of rotatable bonds is 1.